The van der Waals surface area contributed by atoms with E-state index in [1.165, 1.54) is 0 Å². The van der Waals surface area contributed by atoms with E-state index in [0.717, 1.165) is 35.5 Å². The molecule has 8 heteroatoms. The zero-order chi connectivity index (χ0) is 22.7. The van der Waals surface area contributed by atoms with Gasteiger partial charge in [-0.2, -0.15) is 5.10 Å². The van der Waals surface area contributed by atoms with Crippen LogP contribution in [0.4, 0.5) is 0 Å². The van der Waals surface area contributed by atoms with Gasteiger partial charge in [-0.15, -0.1) is 0 Å². The standard InChI is InChI=1S/C24H29N5O3/c1-16(2)28(13-14-31-3)23(30)19-15-26-29(22(19)17-9-10-17)24-25-12-11-20(27-24)18-7-5-6-8-21(18)32-4/h5-8,11-12,15-17H,9-10,13-14H2,1-4H3. The third-order valence-corrected chi connectivity index (χ3v) is 5.64. The summed E-state index contributed by atoms with van der Waals surface area (Å²) in [5.74, 6) is 1.43. The summed E-state index contributed by atoms with van der Waals surface area (Å²) in [6.45, 7) is 5.03. The lowest BCUT2D eigenvalue weighted by Gasteiger charge is -2.26. The van der Waals surface area contributed by atoms with Crippen LogP contribution in [-0.2, 0) is 4.74 Å². The molecular formula is C24H29N5O3. The maximum absolute atomic E-state index is 13.4. The summed E-state index contributed by atoms with van der Waals surface area (Å²) in [5, 5.41) is 4.55. The SMILES string of the molecule is COCCN(C(=O)c1cnn(-c2nccc(-c3ccccc3OC)n2)c1C1CC1)C(C)C. The van der Waals surface area contributed by atoms with Crippen molar-refractivity contribution < 1.29 is 14.3 Å². The second-order valence-corrected chi connectivity index (χ2v) is 8.16. The molecular weight excluding hydrogens is 406 g/mol. The number of hydrogen-bond acceptors (Lipinski definition) is 6. The Kier molecular flexibility index (Phi) is 6.50. The van der Waals surface area contributed by atoms with Crippen LogP contribution >= 0.6 is 0 Å². The molecule has 0 atom stereocenters. The topological polar surface area (TPSA) is 82.4 Å². The zero-order valence-corrected chi connectivity index (χ0v) is 19.0. The highest BCUT2D eigenvalue weighted by Crippen LogP contribution is 2.42. The van der Waals surface area contributed by atoms with Gasteiger partial charge in [0.25, 0.3) is 11.9 Å². The Morgan fingerprint density at radius 2 is 2.00 bits per heavy atom. The molecule has 2 aromatic heterocycles. The third-order valence-electron chi connectivity index (χ3n) is 5.64. The van der Waals surface area contributed by atoms with E-state index < -0.39 is 0 Å². The fourth-order valence-corrected chi connectivity index (χ4v) is 3.83. The van der Waals surface area contributed by atoms with Gasteiger partial charge in [-0.05, 0) is 44.9 Å². The molecule has 3 aromatic rings. The summed E-state index contributed by atoms with van der Waals surface area (Å²) >= 11 is 0. The Hall–Kier alpha value is -3.26. The molecule has 0 aliphatic heterocycles. The van der Waals surface area contributed by atoms with Crippen LogP contribution in [0.25, 0.3) is 17.2 Å². The minimum atomic E-state index is -0.0360. The average molecular weight is 436 g/mol. The molecule has 0 unspecified atom stereocenters. The lowest BCUT2D eigenvalue weighted by atomic mass is 10.1. The van der Waals surface area contributed by atoms with Gasteiger partial charge < -0.3 is 14.4 Å². The van der Waals surface area contributed by atoms with Crippen LogP contribution < -0.4 is 4.74 Å². The van der Waals surface area contributed by atoms with Gasteiger partial charge in [0.05, 0.1) is 36.9 Å². The van der Waals surface area contributed by atoms with Gasteiger partial charge in [0.1, 0.15) is 5.75 Å². The minimum Gasteiger partial charge on any atom is -0.496 e. The first-order valence-corrected chi connectivity index (χ1v) is 10.9. The normalized spacial score (nSPS) is 13.4. The van der Waals surface area contributed by atoms with Gasteiger partial charge in [-0.1, -0.05) is 12.1 Å². The molecule has 1 saturated carbocycles. The molecule has 0 spiro atoms. The van der Waals surface area contributed by atoms with Crippen LogP contribution in [0.5, 0.6) is 5.75 Å². The number of nitrogens with zero attached hydrogens (tertiary/aromatic N) is 5. The molecule has 1 aliphatic rings. The second-order valence-electron chi connectivity index (χ2n) is 8.16. The number of rotatable bonds is 9. The fraction of sp³-hybridized carbons (Fsp3) is 0.417. The van der Waals surface area contributed by atoms with Crippen molar-refractivity contribution in [2.75, 3.05) is 27.4 Å². The van der Waals surface area contributed by atoms with Crippen molar-refractivity contribution in [1.29, 1.82) is 0 Å². The van der Waals surface area contributed by atoms with Crippen LogP contribution in [0.2, 0.25) is 0 Å². The quantitative estimate of drug-likeness (QED) is 0.510. The molecule has 0 radical (unpaired) electrons. The van der Waals surface area contributed by atoms with E-state index in [1.807, 2.05) is 49.1 Å². The molecule has 2 heterocycles. The molecule has 1 aromatic carbocycles. The molecule has 168 valence electrons. The molecule has 1 aliphatic carbocycles. The summed E-state index contributed by atoms with van der Waals surface area (Å²) in [7, 11) is 3.28. The Balaban J connectivity index is 1.73. The van der Waals surface area contributed by atoms with Crippen molar-refractivity contribution in [3.05, 3.63) is 54.0 Å². The van der Waals surface area contributed by atoms with E-state index in [2.05, 4.69) is 10.1 Å². The Bertz CT molecular complexity index is 1090. The van der Waals surface area contributed by atoms with Crippen molar-refractivity contribution in [3.63, 3.8) is 0 Å². The fourth-order valence-electron chi connectivity index (χ4n) is 3.83. The van der Waals surface area contributed by atoms with Gasteiger partial charge in [0.15, 0.2) is 0 Å². The number of carbonyl (C=O) groups excluding carboxylic acids is 1. The van der Waals surface area contributed by atoms with E-state index in [-0.39, 0.29) is 17.9 Å². The molecule has 0 N–H and O–H groups in total. The van der Waals surface area contributed by atoms with Crippen LogP contribution in [0.3, 0.4) is 0 Å². The van der Waals surface area contributed by atoms with Crippen LogP contribution in [0.15, 0.2) is 42.7 Å². The average Bonchev–Trinajstić information content (AvgIpc) is 3.56. The van der Waals surface area contributed by atoms with Crippen molar-refractivity contribution >= 4 is 5.91 Å². The summed E-state index contributed by atoms with van der Waals surface area (Å²) in [6, 6.07) is 9.63. The van der Waals surface area contributed by atoms with Crippen LogP contribution in [0, 0.1) is 0 Å². The van der Waals surface area contributed by atoms with Gasteiger partial charge in [0, 0.05) is 37.4 Å². The predicted molar refractivity (Wildman–Crippen MR) is 121 cm³/mol. The number of methoxy groups -OCH3 is 2. The predicted octanol–water partition coefficient (Wildman–Crippen LogP) is 3.71. The number of hydrogen-bond donors (Lipinski definition) is 0. The summed E-state index contributed by atoms with van der Waals surface area (Å²) in [5.41, 5.74) is 3.11. The molecule has 8 nitrogen and oxygen atoms in total. The van der Waals surface area contributed by atoms with Gasteiger partial charge in [-0.3, -0.25) is 4.79 Å². The number of amides is 1. The molecule has 0 bridgehead atoms. The Morgan fingerprint density at radius 3 is 2.69 bits per heavy atom. The van der Waals surface area contributed by atoms with E-state index in [9.17, 15) is 4.79 Å². The summed E-state index contributed by atoms with van der Waals surface area (Å²) in [6.07, 6.45) is 5.41. The lowest BCUT2D eigenvalue weighted by molar-refractivity contribution is 0.0633. The minimum absolute atomic E-state index is 0.0360. The monoisotopic (exact) mass is 435 g/mol. The smallest absolute Gasteiger partial charge is 0.257 e. The van der Waals surface area contributed by atoms with Gasteiger partial charge >= 0.3 is 0 Å². The number of ether oxygens (including phenoxy) is 2. The Labute approximate surface area is 188 Å². The maximum atomic E-state index is 13.4. The zero-order valence-electron chi connectivity index (χ0n) is 19.0. The first kappa shape index (κ1) is 22.0. The molecule has 4 rings (SSSR count). The van der Waals surface area contributed by atoms with Crippen molar-refractivity contribution in [1.82, 2.24) is 24.6 Å². The highest BCUT2D eigenvalue weighted by atomic mass is 16.5. The highest BCUT2D eigenvalue weighted by molar-refractivity contribution is 5.95. The number of para-hydroxylation sites is 1. The third kappa shape index (κ3) is 4.36. The largest absolute Gasteiger partial charge is 0.496 e. The number of aromatic nitrogens is 4. The van der Waals surface area contributed by atoms with Gasteiger partial charge in [-0.25, -0.2) is 14.6 Å². The first-order valence-electron chi connectivity index (χ1n) is 10.9. The molecule has 1 fully saturated rings. The van der Waals surface area contributed by atoms with Crippen molar-refractivity contribution in [3.8, 4) is 23.0 Å². The number of benzene rings is 1. The van der Waals surface area contributed by atoms with E-state index in [4.69, 9.17) is 14.5 Å². The highest BCUT2D eigenvalue weighted by Gasteiger charge is 2.35. The summed E-state index contributed by atoms with van der Waals surface area (Å²) < 4.78 is 12.4. The van der Waals surface area contributed by atoms with E-state index >= 15 is 0 Å². The molecule has 0 saturated heterocycles. The van der Waals surface area contributed by atoms with Gasteiger partial charge in [0.2, 0.25) is 0 Å². The van der Waals surface area contributed by atoms with Crippen molar-refractivity contribution in [2.45, 2.75) is 38.6 Å². The first-order chi connectivity index (χ1) is 15.5. The summed E-state index contributed by atoms with van der Waals surface area (Å²) in [4.78, 5) is 24.5. The van der Waals surface area contributed by atoms with Crippen LogP contribution in [-0.4, -0.2) is 64.0 Å². The van der Waals surface area contributed by atoms with E-state index in [0.29, 0.717) is 24.7 Å². The maximum Gasteiger partial charge on any atom is 0.257 e. The second kappa shape index (κ2) is 9.48. The number of carbonyl (C=O) groups is 1. The Morgan fingerprint density at radius 1 is 1.22 bits per heavy atom. The molecule has 32 heavy (non-hydrogen) atoms. The lowest BCUT2D eigenvalue weighted by Crippen LogP contribution is -2.39. The van der Waals surface area contributed by atoms with Crippen LogP contribution in [0.1, 0.15) is 48.7 Å². The molecule has 1 amide bonds. The van der Waals surface area contributed by atoms with Crippen molar-refractivity contribution in [2.24, 2.45) is 0 Å². The van der Waals surface area contributed by atoms with E-state index in [1.54, 1.807) is 31.3 Å².